The molecule has 0 radical (unpaired) electrons. The summed E-state index contributed by atoms with van der Waals surface area (Å²) in [6.45, 7) is 0.0161. The maximum absolute atomic E-state index is 9.52. The normalized spacial score (nSPS) is 13.4. The highest BCUT2D eigenvalue weighted by Gasteiger charge is 2.24. The summed E-state index contributed by atoms with van der Waals surface area (Å²) in [5, 5.41) is 19.4. The first-order chi connectivity index (χ1) is 9.76. The summed E-state index contributed by atoms with van der Waals surface area (Å²) in [4.78, 5) is 4.07. The molecule has 4 heteroatoms. The van der Waals surface area contributed by atoms with Gasteiger partial charge in [0.25, 0.3) is 0 Å². The van der Waals surface area contributed by atoms with E-state index in [4.69, 9.17) is 11.6 Å². The molecule has 0 aliphatic rings. The van der Waals surface area contributed by atoms with Crippen LogP contribution >= 0.6 is 11.6 Å². The first-order valence-corrected chi connectivity index (χ1v) is 6.80. The molecule has 0 amide bonds. The maximum atomic E-state index is 9.52. The molecule has 1 aromatic carbocycles. The predicted octanol–water partition coefficient (Wildman–Crippen LogP) is 3.51. The van der Waals surface area contributed by atoms with E-state index in [1.54, 1.807) is 12.4 Å². The van der Waals surface area contributed by atoms with Gasteiger partial charge in [-0.25, -0.2) is 0 Å². The Balaban J connectivity index is 2.39. The second-order valence-electron chi connectivity index (χ2n) is 4.57. The molecule has 2 aromatic rings. The predicted molar refractivity (Wildman–Crippen MR) is 78.5 cm³/mol. The second-order valence-corrected chi connectivity index (χ2v) is 5.01. The fraction of sp³-hybridized carbons (Fsp3) is 0.250. The van der Waals surface area contributed by atoms with Crippen LogP contribution in [-0.2, 0) is 0 Å². The molecular weight excluding hydrogens is 272 g/mol. The Bertz CT molecular complexity index is 595. The number of nitriles is 1. The van der Waals surface area contributed by atoms with E-state index < -0.39 is 0 Å². The highest BCUT2D eigenvalue weighted by Crippen LogP contribution is 2.35. The molecule has 2 rings (SSSR count). The molecule has 0 saturated carbocycles. The molecule has 20 heavy (non-hydrogen) atoms. The van der Waals surface area contributed by atoms with Crippen LogP contribution in [-0.4, -0.2) is 16.7 Å². The molecule has 2 atom stereocenters. The van der Waals surface area contributed by atoms with Gasteiger partial charge in [0.1, 0.15) is 0 Å². The monoisotopic (exact) mass is 286 g/mol. The minimum atomic E-state index is -0.330. The lowest BCUT2D eigenvalue weighted by atomic mass is 9.81. The standard InChI is InChI=1S/C16H15ClN2O/c17-14-8-13(10-19-11-14)15(6-7-20)16(9-18)12-4-2-1-3-5-12/h1-5,8,10-11,15-16,20H,6-7H2/t15-,16-/m0/s1. The Morgan fingerprint density at radius 3 is 2.55 bits per heavy atom. The summed E-state index contributed by atoms with van der Waals surface area (Å²) in [7, 11) is 0. The summed E-state index contributed by atoms with van der Waals surface area (Å²) in [6, 6.07) is 13.7. The second kappa shape index (κ2) is 7.04. The number of nitrogens with zero attached hydrogens (tertiary/aromatic N) is 2. The van der Waals surface area contributed by atoms with Crippen LogP contribution in [0.4, 0.5) is 0 Å². The van der Waals surface area contributed by atoms with Crippen molar-refractivity contribution >= 4 is 11.6 Å². The van der Waals surface area contributed by atoms with Crippen LogP contribution in [0.15, 0.2) is 48.8 Å². The van der Waals surface area contributed by atoms with E-state index in [0.29, 0.717) is 11.4 Å². The lowest BCUT2D eigenvalue weighted by molar-refractivity contribution is 0.272. The van der Waals surface area contributed by atoms with Gasteiger partial charge < -0.3 is 5.11 Å². The molecule has 0 spiro atoms. The Kier molecular flexibility index (Phi) is 5.11. The van der Waals surface area contributed by atoms with Crippen molar-refractivity contribution in [3.63, 3.8) is 0 Å². The van der Waals surface area contributed by atoms with Crippen molar-refractivity contribution in [2.75, 3.05) is 6.61 Å². The molecular formula is C16H15ClN2O. The zero-order valence-corrected chi connectivity index (χ0v) is 11.7. The largest absolute Gasteiger partial charge is 0.396 e. The van der Waals surface area contributed by atoms with Crippen LogP contribution in [0.25, 0.3) is 0 Å². The first-order valence-electron chi connectivity index (χ1n) is 6.42. The van der Waals surface area contributed by atoms with Crippen LogP contribution in [0.3, 0.4) is 0 Å². The van der Waals surface area contributed by atoms with Gasteiger partial charge in [0.05, 0.1) is 17.0 Å². The Morgan fingerprint density at radius 2 is 1.95 bits per heavy atom. The highest BCUT2D eigenvalue weighted by atomic mass is 35.5. The molecule has 0 bridgehead atoms. The van der Waals surface area contributed by atoms with E-state index >= 15 is 0 Å². The summed E-state index contributed by atoms with van der Waals surface area (Å²) in [5.41, 5.74) is 1.82. The van der Waals surface area contributed by atoms with Gasteiger partial charge >= 0.3 is 0 Å². The number of aliphatic hydroxyl groups excluding tert-OH is 1. The topological polar surface area (TPSA) is 56.9 Å². The number of aromatic nitrogens is 1. The van der Waals surface area contributed by atoms with Crippen molar-refractivity contribution in [2.24, 2.45) is 0 Å². The summed E-state index contributed by atoms with van der Waals surface area (Å²) < 4.78 is 0. The van der Waals surface area contributed by atoms with E-state index in [9.17, 15) is 10.4 Å². The van der Waals surface area contributed by atoms with Gasteiger partial charge in [0.15, 0.2) is 0 Å². The average Bonchev–Trinajstić information content (AvgIpc) is 2.48. The third kappa shape index (κ3) is 3.36. The van der Waals surface area contributed by atoms with Gasteiger partial charge in [0.2, 0.25) is 0 Å². The third-order valence-electron chi connectivity index (χ3n) is 3.29. The average molecular weight is 287 g/mol. The van der Waals surface area contributed by atoms with E-state index in [2.05, 4.69) is 11.1 Å². The molecule has 102 valence electrons. The van der Waals surface area contributed by atoms with Gasteiger partial charge in [0, 0.05) is 24.9 Å². The van der Waals surface area contributed by atoms with Crippen molar-refractivity contribution in [2.45, 2.75) is 18.3 Å². The molecule has 0 saturated heterocycles. The van der Waals surface area contributed by atoms with Crippen LogP contribution in [0.5, 0.6) is 0 Å². The molecule has 1 N–H and O–H groups in total. The number of hydrogen-bond donors (Lipinski definition) is 1. The van der Waals surface area contributed by atoms with E-state index in [1.165, 1.54) is 0 Å². The molecule has 0 unspecified atom stereocenters. The van der Waals surface area contributed by atoms with Crippen LogP contribution < -0.4 is 0 Å². The first kappa shape index (κ1) is 14.5. The fourth-order valence-corrected chi connectivity index (χ4v) is 2.54. The van der Waals surface area contributed by atoms with Crippen molar-refractivity contribution in [3.8, 4) is 6.07 Å². The Morgan fingerprint density at radius 1 is 1.20 bits per heavy atom. The molecule has 1 heterocycles. The molecule has 1 aromatic heterocycles. The summed E-state index contributed by atoms with van der Waals surface area (Å²) in [5.74, 6) is -0.456. The SMILES string of the molecule is N#C[C@@H](c1ccccc1)[C@@H](CCO)c1cncc(Cl)c1. The minimum Gasteiger partial charge on any atom is -0.396 e. The van der Waals surface area contributed by atoms with Crippen LogP contribution in [0, 0.1) is 11.3 Å². The van der Waals surface area contributed by atoms with Gasteiger partial charge in [-0.3, -0.25) is 4.98 Å². The zero-order valence-electron chi connectivity index (χ0n) is 10.9. The number of rotatable bonds is 5. The fourth-order valence-electron chi connectivity index (χ4n) is 2.35. The number of hydrogen-bond acceptors (Lipinski definition) is 3. The van der Waals surface area contributed by atoms with Gasteiger partial charge in [-0.1, -0.05) is 41.9 Å². The van der Waals surface area contributed by atoms with Crippen molar-refractivity contribution < 1.29 is 5.11 Å². The van der Waals surface area contributed by atoms with Crippen LogP contribution in [0.2, 0.25) is 5.02 Å². The number of aliphatic hydroxyl groups is 1. The van der Waals surface area contributed by atoms with Gasteiger partial charge in [-0.05, 0) is 23.6 Å². The van der Waals surface area contributed by atoms with E-state index in [0.717, 1.165) is 11.1 Å². The number of halogens is 1. The Hall–Kier alpha value is -1.89. The molecule has 0 fully saturated rings. The maximum Gasteiger partial charge on any atom is 0.0782 e. The Labute approximate surface area is 123 Å². The van der Waals surface area contributed by atoms with Crippen molar-refractivity contribution in [3.05, 3.63) is 64.9 Å². The van der Waals surface area contributed by atoms with Crippen molar-refractivity contribution in [1.29, 1.82) is 5.26 Å². The van der Waals surface area contributed by atoms with E-state index in [-0.39, 0.29) is 18.4 Å². The lowest BCUT2D eigenvalue weighted by Gasteiger charge is -2.22. The summed E-state index contributed by atoms with van der Waals surface area (Å²) in [6.07, 6.45) is 3.76. The summed E-state index contributed by atoms with van der Waals surface area (Å²) >= 11 is 5.98. The third-order valence-corrected chi connectivity index (χ3v) is 3.50. The van der Waals surface area contributed by atoms with Crippen LogP contribution in [0.1, 0.15) is 29.4 Å². The van der Waals surface area contributed by atoms with E-state index in [1.807, 2.05) is 36.4 Å². The zero-order chi connectivity index (χ0) is 14.4. The van der Waals surface area contributed by atoms with Gasteiger partial charge in [-0.15, -0.1) is 0 Å². The van der Waals surface area contributed by atoms with Gasteiger partial charge in [-0.2, -0.15) is 5.26 Å². The minimum absolute atomic E-state index is 0.0161. The lowest BCUT2D eigenvalue weighted by Crippen LogP contribution is -2.12. The molecule has 3 nitrogen and oxygen atoms in total. The van der Waals surface area contributed by atoms with Crippen molar-refractivity contribution in [1.82, 2.24) is 4.98 Å². The quantitative estimate of drug-likeness (QED) is 0.915. The number of benzene rings is 1. The number of pyridine rings is 1. The molecule has 0 aliphatic carbocycles. The molecule has 0 aliphatic heterocycles. The smallest absolute Gasteiger partial charge is 0.0782 e. The highest BCUT2D eigenvalue weighted by molar-refractivity contribution is 6.30.